The molecule has 0 spiro atoms. The summed E-state index contributed by atoms with van der Waals surface area (Å²) in [6.45, 7) is 1.61. The molecule has 5 nitrogen and oxygen atoms in total. The second kappa shape index (κ2) is 6.65. The number of carbonyl (C=O) groups is 1. The number of aryl methyl sites for hydroxylation is 1. The average molecular weight is 334 g/mol. The van der Waals surface area contributed by atoms with Crippen molar-refractivity contribution in [2.75, 3.05) is 0 Å². The highest BCUT2D eigenvalue weighted by atomic mass is 19.1. The molecule has 2 aromatic carbocycles. The molecule has 0 fully saturated rings. The van der Waals surface area contributed by atoms with Crippen LogP contribution in [0.1, 0.15) is 27.7 Å². The molecule has 0 bridgehead atoms. The lowest BCUT2D eigenvalue weighted by Crippen LogP contribution is -2.16. The molecule has 0 unspecified atom stereocenters. The molecular formula is C19H15FN4O. The summed E-state index contributed by atoms with van der Waals surface area (Å²) in [5.74, 6) is -1.36. The van der Waals surface area contributed by atoms with Crippen LogP contribution in [-0.2, 0) is 7.05 Å². The molecule has 0 N–H and O–H groups in total. The Bertz CT molecular complexity index is 973. The van der Waals surface area contributed by atoms with Crippen molar-refractivity contribution in [3.05, 3.63) is 71.3 Å². The largest absolute Gasteiger partial charge is 0.313 e. The fraction of sp³-hybridized carbons (Fsp3) is 0.158. The van der Waals surface area contributed by atoms with E-state index < -0.39 is 17.5 Å². The first kappa shape index (κ1) is 16.5. The minimum Gasteiger partial charge on any atom is -0.313 e. The molecule has 25 heavy (non-hydrogen) atoms. The van der Waals surface area contributed by atoms with E-state index in [0.29, 0.717) is 11.4 Å². The lowest BCUT2D eigenvalue weighted by Gasteiger charge is -2.09. The van der Waals surface area contributed by atoms with E-state index in [-0.39, 0.29) is 11.4 Å². The number of aromatic nitrogens is 3. The summed E-state index contributed by atoms with van der Waals surface area (Å²) in [6, 6.07) is 15.5. The van der Waals surface area contributed by atoms with Gasteiger partial charge in [-0.3, -0.25) is 4.79 Å². The molecule has 0 aliphatic rings. The van der Waals surface area contributed by atoms with Crippen LogP contribution in [0, 0.1) is 24.1 Å². The number of hydrogen-bond acceptors (Lipinski definition) is 4. The first-order valence-corrected chi connectivity index (χ1v) is 7.67. The molecule has 1 atom stereocenters. The Morgan fingerprint density at radius 1 is 1.20 bits per heavy atom. The molecule has 1 aromatic heterocycles. The molecule has 0 aliphatic heterocycles. The van der Waals surface area contributed by atoms with E-state index in [9.17, 15) is 14.4 Å². The van der Waals surface area contributed by atoms with Crippen molar-refractivity contribution in [3.63, 3.8) is 0 Å². The summed E-state index contributed by atoms with van der Waals surface area (Å²) in [7, 11) is 1.70. The highest BCUT2D eigenvalue weighted by Crippen LogP contribution is 2.24. The molecule has 124 valence electrons. The van der Waals surface area contributed by atoms with E-state index in [1.54, 1.807) is 18.5 Å². The van der Waals surface area contributed by atoms with Crippen LogP contribution in [0.4, 0.5) is 4.39 Å². The van der Waals surface area contributed by atoms with Crippen LogP contribution in [-0.4, -0.2) is 20.5 Å². The van der Waals surface area contributed by atoms with E-state index in [1.807, 2.05) is 36.4 Å². The zero-order valence-electron chi connectivity index (χ0n) is 13.8. The highest BCUT2D eigenvalue weighted by molar-refractivity contribution is 6.02. The lowest BCUT2D eigenvalue weighted by atomic mass is 9.97. The summed E-state index contributed by atoms with van der Waals surface area (Å²) in [6.07, 6.45) is 0. The first-order chi connectivity index (χ1) is 12.0. The van der Waals surface area contributed by atoms with Gasteiger partial charge in [0, 0.05) is 18.2 Å². The molecule has 6 heteroatoms. The summed E-state index contributed by atoms with van der Waals surface area (Å²) in [5, 5.41) is 17.6. The van der Waals surface area contributed by atoms with Gasteiger partial charge in [0.1, 0.15) is 5.82 Å². The smallest absolute Gasteiger partial charge is 0.187 e. The molecule has 3 rings (SSSR count). The van der Waals surface area contributed by atoms with Gasteiger partial charge in [-0.05, 0) is 18.6 Å². The van der Waals surface area contributed by atoms with Crippen molar-refractivity contribution >= 4 is 5.78 Å². The molecule has 0 saturated heterocycles. The van der Waals surface area contributed by atoms with Gasteiger partial charge in [-0.1, -0.05) is 42.5 Å². The Morgan fingerprint density at radius 3 is 2.56 bits per heavy atom. The fourth-order valence-corrected chi connectivity index (χ4v) is 2.58. The number of nitrogens with zero attached hydrogens (tertiary/aromatic N) is 4. The van der Waals surface area contributed by atoms with Gasteiger partial charge in [0.2, 0.25) is 0 Å². The Labute approximate surface area is 144 Å². The molecule has 0 amide bonds. The Morgan fingerprint density at radius 2 is 1.92 bits per heavy atom. The lowest BCUT2D eigenvalue weighted by molar-refractivity contribution is 0.0974. The number of ketones is 1. The van der Waals surface area contributed by atoms with Gasteiger partial charge in [-0.25, -0.2) is 4.39 Å². The molecule has 0 saturated carbocycles. The monoisotopic (exact) mass is 334 g/mol. The number of Topliss-reactive ketones (excluding diaryl/α,β-unsaturated/α-hetero) is 1. The van der Waals surface area contributed by atoms with E-state index in [0.717, 1.165) is 11.6 Å². The van der Waals surface area contributed by atoms with Gasteiger partial charge in [0.15, 0.2) is 23.3 Å². The predicted octanol–water partition coefficient (Wildman–Crippen LogP) is 3.42. The molecule has 3 aromatic rings. The Kier molecular flexibility index (Phi) is 4.40. The zero-order valence-corrected chi connectivity index (χ0v) is 13.8. The number of benzene rings is 2. The third kappa shape index (κ3) is 3.04. The quantitative estimate of drug-likeness (QED) is 0.685. The topological polar surface area (TPSA) is 71.6 Å². The van der Waals surface area contributed by atoms with Gasteiger partial charge < -0.3 is 4.57 Å². The fourth-order valence-electron chi connectivity index (χ4n) is 2.58. The van der Waals surface area contributed by atoms with Crippen molar-refractivity contribution < 1.29 is 9.18 Å². The van der Waals surface area contributed by atoms with Crippen LogP contribution in [0.5, 0.6) is 0 Å². The third-order valence-electron chi connectivity index (χ3n) is 4.05. The van der Waals surface area contributed by atoms with Crippen LogP contribution in [0.3, 0.4) is 0 Å². The highest BCUT2D eigenvalue weighted by Gasteiger charge is 2.28. The first-order valence-electron chi connectivity index (χ1n) is 7.67. The van der Waals surface area contributed by atoms with Crippen LogP contribution < -0.4 is 0 Å². The van der Waals surface area contributed by atoms with Crippen molar-refractivity contribution in [2.24, 2.45) is 7.05 Å². The molecule has 1 heterocycles. The Balaban J connectivity index is 1.99. The minimum atomic E-state index is -1.16. The van der Waals surface area contributed by atoms with E-state index in [1.165, 1.54) is 12.1 Å². The number of carbonyl (C=O) groups excluding carboxylic acids is 1. The maximum Gasteiger partial charge on any atom is 0.187 e. The number of halogens is 1. The SMILES string of the molecule is Cc1ccc(C(=O)[C@H](C#N)c2nnc(-c3ccccc3)n2C)cc1F. The number of rotatable bonds is 4. The summed E-state index contributed by atoms with van der Waals surface area (Å²) in [4.78, 5) is 12.7. The maximum absolute atomic E-state index is 13.7. The zero-order chi connectivity index (χ0) is 18.0. The summed E-state index contributed by atoms with van der Waals surface area (Å²) >= 11 is 0. The summed E-state index contributed by atoms with van der Waals surface area (Å²) in [5.41, 5.74) is 1.41. The van der Waals surface area contributed by atoms with Crippen LogP contribution in [0.2, 0.25) is 0 Å². The van der Waals surface area contributed by atoms with Crippen LogP contribution in [0.25, 0.3) is 11.4 Å². The van der Waals surface area contributed by atoms with E-state index in [4.69, 9.17) is 0 Å². The normalized spacial score (nSPS) is 11.8. The second-order valence-electron chi connectivity index (χ2n) is 5.70. The van der Waals surface area contributed by atoms with Crippen LogP contribution >= 0.6 is 0 Å². The van der Waals surface area contributed by atoms with Crippen molar-refractivity contribution in [2.45, 2.75) is 12.8 Å². The molecule has 0 aliphatic carbocycles. The number of hydrogen-bond donors (Lipinski definition) is 0. The average Bonchev–Trinajstić information content (AvgIpc) is 3.00. The Hall–Kier alpha value is -3.33. The van der Waals surface area contributed by atoms with Gasteiger partial charge in [-0.2, -0.15) is 5.26 Å². The summed E-state index contributed by atoms with van der Waals surface area (Å²) < 4.78 is 15.4. The maximum atomic E-state index is 13.7. The minimum absolute atomic E-state index is 0.138. The van der Waals surface area contributed by atoms with Gasteiger partial charge in [0.05, 0.1) is 6.07 Å². The van der Waals surface area contributed by atoms with Crippen molar-refractivity contribution in [1.82, 2.24) is 14.8 Å². The van der Waals surface area contributed by atoms with Gasteiger partial charge in [-0.15, -0.1) is 10.2 Å². The van der Waals surface area contributed by atoms with Gasteiger partial charge in [0.25, 0.3) is 0 Å². The standard InChI is InChI=1S/C19H15FN4O/c1-12-8-9-14(10-16(12)20)17(25)15(11-21)19-23-22-18(24(19)2)13-6-4-3-5-7-13/h3-10,15H,1-2H3/t15-/m0/s1. The van der Waals surface area contributed by atoms with E-state index >= 15 is 0 Å². The van der Waals surface area contributed by atoms with Crippen molar-refractivity contribution in [3.8, 4) is 17.5 Å². The number of nitriles is 1. The predicted molar refractivity (Wildman–Crippen MR) is 90.3 cm³/mol. The van der Waals surface area contributed by atoms with E-state index in [2.05, 4.69) is 10.2 Å². The molecule has 0 radical (unpaired) electrons. The third-order valence-corrected chi connectivity index (χ3v) is 4.05. The van der Waals surface area contributed by atoms with Gasteiger partial charge >= 0.3 is 0 Å². The second-order valence-corrected chi connectivity index (χ2v) is 5.70. The van der Waals surface area contributed by atoms with Crippen LogP contribution in [0.15, 0.2) is 48.5 Å². The van der Waals surface area contributed by atoms with Crippen molar-refractivity contribution in [1.29, 1.82) is 5.26 Å². The molecular weight excluding hydrogens is 319 g/mol.